The van der Waals surface area contributed by atoms with Crippen LogP contribution in [0, 0.1) is 12.8 Å². The van der Waals surface area contributed by atoms with E-state index in [1.807, 2.05) is 20.0 Å². The zero-order valence-corrected chi connectivity index (χ0v) is 18.8. The first kappa shape index (κ1) is 22.8. The molecular weight excluding hydrogens is 443 g/mol. The number of amides is 1. The molecule has 6 nitrogen and oxygen atoms in total. The Labute approximate surface area is 174 Å². The zero-order valence-electron chi connectivity index (χ0n) is 16.5. The Hall–Kier alpha value is -1.25. The predicted molar refractivity (Wildman–Crippen MR) is 116 cm³/mol. The van der Waals surface area contributed by atoms with Crippen LogP contribution in [-0.2, 0) is 11.3 Å². The van der Waals surface area contributed by atoms with E-state index in [9.17, 15) is 4.79 Å². The van der Waals surface area contributed by atoms with E-state index in [1.165, 1.54) is 32.1 Å². The van der Waals surface area contributed by atoms with Gasteiger partial charge in [0.25, 0.3) is 0 Å². The highest BCUT2D eigenvalue weighted by Crippen LogP contribution is 2.22. The number of carbonyl (C=O) groups excluding carboxylic acids is 1. The second kappa shape index (κ2) is 11.5. The molecule has 1 aromatic heterocycles. The first-order valence-corrected chi connectivity index (χ1v) is 9.20. The lowest BCUT2D eigenvalue weighted by molar-refractivity contribution is -0.127. The van der Waals surface area contributed by atoms with Crippen LogP contribution < -0.4 is 5.32 Å². The molecule has 7 heteroatoms. The van der Waals surface area contributed by atoms with Crippen LogP contribution in [0.15, 0.2) is 21.7 Å². The van der Waals surface area contributed by atoms with Gasteiger partial charge in [-0.25, -0.2) is 4.99 Å². The number of furan rings is 1. The molecule has 0 atom stereocenters. The number of carbonyl (C=O) groups is 1. The van der Waals surface area contributed by atoms with Crippen molar-refractivity contribution >= 4 is 35.8 Å². The molecule has 0 aliphatic heterocycles. The molecule has 0 aromatic carbocycles. The lowest BCUT2D eigenvalue weighted by Gasteiger charge is -2.26. The van der Waals surface area contributed by atoms with E-state index in [0.717, 1.165) is 23.8 Å². The lowest BCUT2D eigenvalue weighted by atomic mass is 9.89. The number of aryl methyl sites for hydroxylation is 1. The number of hydrogen-bond acceptors (Lipinski definition) is 3. The standard InChI is InChI=1S/C19H32N4O2.HI/c1-15-17(10-11-25-15)14-23(4)19(21-13-18(24)22(2)3)20-12-16-8-6-5-7-9-16;/h10-11,16H,5-9,12-14H2,1-4H3,(H,20,21);1H. The monoisotopic (exact) mass is 476 g/mol. The van der Waals surface area contributed by atoms with Crippen molar-refractivity contribution in [3.63, 3.8) is 0 Å². The van der Waals surface area contributed by atoms with Crippen molar-refractivity contribution < 1.29 is 9.21 Å². The molecule has 1 heterocycles. The summed E-state index contributed by atoms with van der Waals surface area (Å²) in [5.74, 6) is 2.40. The SMILES string of the molecule is Cc1occc1CN(C)C(=NCC(=O)N(C)C)NCC1CCCCC1.I. The molecule has 0 unspecified atom stereocenters. The number of likely N-dealkylation sites (N-methyl/N-ethyl adjacent to an activating group) is 1. The van der Waals surface area contributed by atoms with Crippen molar-refractivity contribution in [3.8, 4) is 0 Å². The number of halogens is 1. The third kappa shape index (κ3) is 7.17. The summed E-state index contributed by atoms with van der Waals surface area (Å²) >= 11 is 0. The smallest absolute Gasteiger partial charge is 0.243 e. The highest BCUT2D eigenvalue weighted by atomic mass is 127. The summed E-state index contributed by atoms with van der Waals surface area (Å²) in [6, 6.07) is 1.98. The van der Waals surface area contributed by atoms with Crippen LogP contribution in [0.1, 0.15) is 43.4 Å². The summed E-state index contributed by atoms with van der Waals surface area (Å²) in [5, 5.41) is 3.49. The summed E-state index contributed by atoms with van der Waals surface area (Å²) in [6.07, 6.45) is 8.27. The summed E-state index contributed by atoms with van der Waals surface area (Å²) in [5.41, 5.74) is 1.13. The normalized spacial score (nSPS) is 15.3. The number of nitrogens with zero attached hydrogens (tertiary/aromatic N) is 3. The molecule has 2 rings (SSSR count). The Balaban J connectivity index is 0.00000338. The molecule has 26 heavy (non-hydrogen) atoms. The molecule has 1 amide bonds. The highest BCUT2D eigenvalue weighted by Gasteiger charge is 2.16. The van der Waals surface area contributed by atoms with Gasteiger partial charge >= 0.3 is 0 Å². The third-order valence-corrected chi connectivity index (χ3v) is 4.87. The van der Waals surface area contributed by atoms with Gasteiger partial charge in [-0.3, -0.25) is 4.79 Å². The predicted octanol–water partition coefficient (Wildman–Crippen LogP) is 3.25. The highest BCUT2D eigenvalue weighted by molar-refractivity contribution is 14.0. The van der Waals surface area contributed by atoms with Gasteiger partial charge in [0.05, 0.1) is 6.26 Å². The van der Waals surface area contributed by atoms with Crippen LogP contribution in [-0.4, -0.2) is 55.9 Å². The van der Waals surface area contributed by atoms with Crippen LogP contribution in [0.2, 0.25) is 0 Å². The quantitative estimate of drug-likeness (QED) is 0.389. The van der Waals surface area contributed by atoms with Crippen LogP contribution in [0.25, 0.3) is 0 Å². The first-order chi connectivity index (χ1) is 12.0. The number of aliphatic imine (C=N–C) groups is 1. The van der Waals surface area contributed by atoms with Crippen LogP contribution in [0.5, 0.6) is 0 Å². The lowest BCUT2D eigenvalue weighted by Crippen LogP contribution is -2.42. The number of nitrogens with one attached hydrogen (secondary N) is 1. The minimum Gasteiger partial charge on any atom is -0.469 e. The van der Waals surface area contributed by atoms with E-state index in [-0.39, 0.29) is 36.4 Å². The summed E-state index contributed by atoms with van der Waals surface area (Å²) in [4.78, 5) is 20.1. The average molecular weight is 476 g/mol. The van der Waals surface area contributed by atoms with E-state index < -0.39 is 0 Å². The summed E-state index contributed by atoms with van der Waals surface area (Å²) in [7, 11) is 5.51. The molecule has 148 valence electrons. The zero-order chi connectivity index (χ0) is 18.2. The van der Waals surface area contributed by atoms with Gasteiger partial charge in [-0.15, -0.1) is 24.0 Å². The molecule has 1 aromatic rings. The third-order valence-electron chi connectivity index (χ3n) is 4.87. The maximum Gasteiger partial charge on any atom is 0.243 e. The topological polar surface area (TPSA) is 61.1 Å². The van der Waals surface area contributed by atoms with Crippen molar-refractivity contribution in [1.82, 2.24) is 15.1 Å². The summed E-state index contributed by atoms with van der Waals surface area (Å²) < 4.78 is 5.38. The Morgan fingerprint density at radius 2 is 1.96 bits per heavy atom. The van der Waals surface area contributed by atoms with E-state index in [0.29, 0.717) is 12.5 Å². The fourth-order valence-corrected chi connectivity index (χ4v) is 3.13. The Morgan fingerprint density at radius 1 is 1.27 bits per heavy atom. The van der Waals surface area contributed by atoms with Crippen LogP contribution in [0.3, 0.4) is 0 Å². The fraction of sp³-hybridized carbons (Fsp3) is 0.684. The van der Waals surface area contributed by atoms with E-state index in [2.05, 4.69) is 15.2 Å². The molecule has 1 fully saturated rings. The molecule has 1 saturated carbocycles. The number of guanidine groups is 1. The average Bonchev–Trinajstić information content (AvgIpc) is 3.00. The van der Waals surface area contributed by atoms with Crippen molar-refractivity contribution in [3.05, 3.63) is 23.7 Å². The van der Waals surface area contributed by atoms with Gasteiger partial charge in [0, 0.05) is 39.8 Å². The van der Waals surface area contributed by atoms with Crippen molar-refractivity contribution in [2.24, 2.45) is 10.9 Å². The number of rotatable bonds is 6. The first-order valence-electron chi connectivity index (χ1n) is 9.20. The largest absolute Gasteiger partial charge is 0.469 e. The maximum atomic E-state index is 11.9. The minimum absolute atomic E-state index is 0. The molecule has 0 spiro atoms. The van der Waals surface area contributed by atoms with Crippen LogP contribution >= 0.6 is 24.0 Å². The summed E-state index contributed by atoms with van der Waals surface area (Å²) in [6.45, 7) is 3.75. The van der Waals surface area contributed by atoms with Gasteiger partial charge in [-0.1, -0.05) is 19.3 Å². The molecule has 0 saturated heterocycles. The van der Waals surface area contributed by atoms with E-state index in [4.69, 9.17) is 4.42 Å². The van der Waals surface area contributed by atoms with Gasteiger partial charge in [-0.2, -0.15) is 0 Å². The molecule has 0 radical (unpaired) electrons. The van der Waals surface area contributed by atoms with E-state index >= 15 is 0 Å². The van der Waals surface area contributed by atoms with Gasteiger partial charge in [0.2, 0.25) is 5.91 Å². The van der Waals surface area contributed by atoms with Crippen molar-refractivity contribution in [2.45, 2.75) is 45.6 Å². The second-order valence-corrected chi connectivity index (χ2v) is 7.17. The maximum absolute atomic E-state index is 11.9. The molecule has 1 N–H and O–H groups in total. The minimum atomic E-state index is 0. The van der Waals surface area contributed by atoms with E-state index in [1.54, 1.807) is 25.3 Å². The molecule has 1 aliphatic rings. The second-order valence-electron chi connectivity index (χ2n) is 7.17. The van der Waals surface area contributed by atoms with Gasteiger partial charge < -0.3 is 19.5 Å². The van der Waals surface area contributed by atoms with Crippen molar-refractivity contribution in [2.75, 3.05) is 34.2 Å². The number of hydrogen-bond donors (Lipinski definition) is 1. The Bertz CT molecular complexity index is 580. The van der Waals surface area contributed by atoms with Gasteiger partial charge in [0.15, 0.2) is 5.96 Å². The fourth-order valence-electron chi connectivity index (χ4n) is 3.13. The Morgan fingerprint density at radius 3 is 2.54 bits per heavy atom. The van der Waals surface area contributed by atoms with Crippen LogP contribution in [0.4, 0.5) is 0 Å². The molecule has 0 bridgehead atoms. The van der Waals surface area contributed by atoms with Gasteiger partial charge in [0.1, 0.15) is 12.3 Å². The molecule has 1 aliphatic carbocycles. The molecular formula is C19H33IN4O2. The Kier molecular flexibility index (Phi) is 10.0. The van der Waals surface area contributed by atoms with Gasteiger partial charge in [-0.05, 0) is 31.7 Å². The van der Waals surface area contributed by atoms with Crippen molar-refractivity contribution in [1.29, 1.82) is 0 Å².